The number of ether oxygens (including phenoxy) is 2. The molecule has 0 unspecified atom stereocenters. The number of benzene rings is 2. The third-order valence-corrected chi connectivity index (χ3v) is 8.34. The van der Waals surface area contributed by atoms with Gasteiger partial charge in [-0.05, 0) is 67.2 Å². The molecule has 2 aromatic carbocycles. The highest BCUT2D eigenvalue weighted by molar-refractivity contribution is 9.10. The van der Waals surface area contributed by atoms with Gasteiger partial charge in [-0.15, -0.1) is 11.3 Å². The Kier molecular flexibility index (Phi) is 8.79. The van der Waals surface area contributed by atoms with Crippen molar-refractivity contribution in [1.29, 1.82) is 10.5 Å². The molecular weight excluding hydrogens is 597 g/mol. The van der Waals surface area contributed by atoms with Gasteiger partial charge in [-0.25, -0.2) is 0 Å². The van der Waals surface area contributed by atoms with E-state index in [1.165, 1.54) is 24.5 Å². The van der Waals surface area contributed by atoms with Crippen LogP contribution in [0.3, 0.4) is 0 Å². The minimum absolute atomic E-state index is 0.111. The number of aryl methyl sites for hydroxylation is 1. The van der Waals surface area contributed by atoms with E-state index in [1.54, 1.807) is 30.3 Å². The molecule has 1 heterocycles. The summed E-state index contributed by atoms with van der Waals surface area (Å²) in [7, 11) is 1.50. The van der Waals surface area contributed by atoms with Crippen molar-refractivity contribution < 1.29 is 14.3 Å². The summed E-state index contributed by atoms with van der Waals surface area (Å²) in [5.74, 6) is 0.277. The fraction of sp³-hybridized carbons (Fsp3) is 0.222. The standard InChI is InChI=1S/C27H20BrCl2N3O3S/c1-35-23-9-16(21(28)11-24(23)36-14-15-6-7-18(29)10-22(15)30)8-17(12-31)26(34)33-27-20(13-32)19-4-2-3-5-25(19)37-27/h6-11H,2-5,14H2,1H3,(H,33,34)/b17-8+. The summed E-state index contributed by atoms with van der Waals surface area (Å²) in [6, 6.07) is 12.7. The van der Waals surface area contributed by atoms with Gasteiger partial charge in [0, 0.05) is 25.0 Å². The van der Waals surface area contributed by atoms with Gasteiger partial charge in [0.2, 0.25) is 0 Å². The largest absolute Gasteiger partial charge is 0.493 e. The number of thiophene rings is 1. The molecule has 1 N–H and O–H groups in total. The van der Waals surface area contributed by atoms with Crippen molar-refractivity contribution in [2.75, 3.05) is 12.4 Å². The topological polar surface area (TPSA) is 95.1 Å². The number of nitrogens with one attached hydrogen (secondary N) is 1. The molecule has 1 aliphatic carbocycles. The first-order chi connectivity index (χ1) is 17.8. The lowest BCUT2D eigenvalue weighted by Gasteiger charge is -2.14. The van der Waals surface area contributed by atoms with Gasteiger partial charge in [-0.1, -0.05) is 45.2 Å². The van der Waals surface area contributed by atoms with Crippen molar-refractivity contribution in [3.63, 3.8) is 0 Å². The van der Waals surface area contributed by atoms with E-state index in [0.29, 0.717) is 42.1 Å². The van der Waals surface area contributed by atoms with Crippen LogP contribution in [0.4, 0.5) is 5.00 Å². The fourth-order valence-electron chi connectivity index (χ4n) is 3.97. The average molecular weight is 617 g/mol. The number of amides is 1. The maximum Gasteiger partial charge on any atom is 0.266 e. The number of rotatable bonds is 7. The Balaban J connectivity index is 1.56. The Morgan fingerprint density at radius 3 is 2.68 bits per heavy atom. The molecule has 0 bridgehead atoms. The van der Waals surface area contributed by atoms with Gasteiger partial charge in [-0.2, -0.15) is 10.5 Å². The van der Waals surface area contributed by atoms with E-state index in [2.05, 4.69) is 27.3 Å². The average Bonchev–Trinajstić information content (AvgIpc) is 3.24. The molecule has 0 spiro atoms. The molecule has 0 radical (unpaired) electrons. The van der Waals surface area contributed by atoms with Gasteiger partial charge in [0.1, 0.15) is 29.3 Å². The number of hydrogen-bond acceptors (Lipinski definition) is 6. The molecule has 10 heteroatoms. The van der Waals surface area contributed by atoms with E-state index in [0.717, 1.165) is 41.7 Å². The highest BCUT2D eigenvalue weighted by Gasteiger charge is 2.23. The maximum absolute atomic E-state index is 13.0. The number of fused-ring (bicyclic) bond motifs is 1. The van der Waals surface area contributed by atoms with Crippen LogP contribution in [0, 0.1) is 22.7 Å². The summed E-state index contributed by atoms with van der Waals surface area (Å²) in [5, 5.41) is 23.6. The van der Waals surface area contributed by atoms with Gasteiger partial charge >= 0.3 is 0 Å². The van der Waals surface area contributed by atoms with Crippen LogP contribution < -0.4 is 14.8 Å². The summed E-state index contributed by atoms with van der Waals surface area (Å²) >= 11 is 17.1. The highest BCUT2D eigenvalue weighted by atomic mass is 79.9. The zero-order valence-electron chi connectivity index (χ0n) is 19.7. The molecule has 0 saturated heterocycles. The smallest absolute Gasteiger partial charge is 0.266 e. The quantitative estimate of drug-likeness (QED) is 0.217. The summed E-state index contributed by atoms with van der Waals surface area (Å²) in [6.07, 6.45) is 5.28. The summed E-state index contributed by atoms with van der Waals surface area (Å²) in [4.78, 5) is 14.1. The number of nitriles is 2. The monoisotopic (exact) mass is 615 g/mol. The Morgan fingerprint density at radius 2 is 1.97 bits per heavy atom. The van der Waals surface area contributed by atoms with E-state index >= 15 is 0 Å². The third kappa shape index (κ3) is 6.11. The van der Waals surface area contributed by atoms with Crippen LogP contribution in [0.15, 0.2) is 40.4 Å². The predicted molar refractivity (Wildman–Crippen MR) is 149 cm³/mol. The summed E-state index contributed by atoms with van der Waals surface area (Å²) in [5.41, 5.74) is 2.70. The molecule has 0 atom stereocenters. The Morgan fingerprint density at radius 1 is 1.19 bits per heavy atom. The van der Waals surface area contributed by atoms with Crippen LogP contribution in [0.2, 0.25) is 10.0 Å². The number of anilines is 1. The predicted octanol–water partition coefficient (Wildman–Crippen LogP) is 7.70. The molecule has 0 saturated carbocycles. The first-order valence-electron chi connectivity index (χ1n) is 11.3. The van der Waals surface area contributed by atoms with E-state index in [4.69, 9.17) is 32.7 Å². The Labute approximate surface area is 237 Å². The number of nitrogens with zero attached hydrogens (tertiary/aromatic N) is 2. The molecule has 188 valence electrons. The van der Waals surface area contributed by atoms with Gasteiger partial charge in [0.05, 0.1) is 12.7 Å². The summed E-state index contributed by atoms with van der Waals surface area (Å²) < 4.78 is 12.0. The van der Waals surface area contributed by atoms with E-state index in [-0.39, 0.29) is 12.2 Å². The second kappa shape index (κ2) is 12.0. The summed E-state index contributed by atoms with van der Waals surface area (Å²) in [6.45, 7) is 0.186. The molecule has 1 aliphatic rings. The van der Waals surface area contributed by atoms with E-state index in [9.17, 15) is 15.3 Å². The number of methoxy groups -OCH3 is 1. The van der Waals surface area contributed by atoms with Crippen molar-refractivity contribution in [2.24, 2.45) is 0 Å². The van der Waals surface area contributed by atoms with Crippen LogP contribution in [0.5, 0.6) is 11.5 Å². The Hall–Kier alpha value is -3.01. The fourth-order valence-corrected chi connectivity index (χ4v) is 6.11. The second-order valence-corrected chi connectivity index (χ2v) is 11.0. The first kappa shape index (κ1) is 27.0. The molecule has 6 nitrogen and oxygen atoms in total. The zero-order valence-corrected chi connectivity index (χ0v) is 23.6. The highest BCUT2D eigenvalue weighted by Crippen LogP contribution is 2.38. The SMILES string of the molecule is COc1cc(/C=C(\C#N)C(=O)Nc2sc3c(c2C#N)CCCC3)c(Br)cc1OCc1ccc(Cl)cc1Cl. The second-order valence-electron chi connectivity index (χ2n) is 8.20. The minimum atomic E-state index is -0.582. The van der Waals surface area contributed by atoms with Gasteiger partial charge in [0.15, 0.2) is 11.5 Å². The lowest BCUT2D eigenvalue weighted by molar-refractivity contribution is -0.112. The molecule has 1 amide bonds. The lowest BCUT2D eigenvalue weighted by Crippen LogP contribution is -2.13. The lowest BCUT2D eigenvalue weighted by atomic mass is 9.96. The molecular formula is C27H20BrCl2N3O3S. The number of hydrogen-bond donors (Lipinski definition) is 1. The molecule has 0 aliphatic heterocycles. The van der Waals surface area contributed by atoms with Crippen LogP contribution in [-0.4, -0.2) is 13.0 Å². The number of carbonyl (C=O) groups is 1. The Bertz CT molecular complexity index is 1490. The van der Waals surface area contributed by atoms with Crippen molar-refractivity contribution in [1.82, 2.24) is 0 Å². The van der Waals surface area contributed by atoms with Crippen molar-refractivity contribution >= 4 is 67.5 Å². The van der Waals surface area contributed by atoms with Gasteiger partial charge in [0.25, 0.3) is 5.91 Å². The molecule has 1 aromatic heterocycles. The normalized spacial score (nSPS) is 12.8. The number of carbonyl (C=O) groups excluding carboxylic acids is 1. The molecule has 3 aromatic rings. The van der Waals surface area contributed by atoms with Gasteiger partial charge < -0.3 is 14.8 Å². The van der Waals surface area contributed by atoms with Crippen molar-refractivity contribution in [2.45, 2.75) is 32.3 Å². The molecule has 4 rings (SSSR count). The molecule has 37 heavy (non-hydrogen) atoms. The van der Waals surface area contributed by atoms with Crippen LogP contribution in [0.25, 0.3) is 6.08 Å². The van der Waals surface area contributed by atoms with Gasteiger partial charge in [-0.3, -0.25) is 4.79 Å². The minimum Gasteiger partial charge on any atom is -0.493 e. The first-order valence-corrected chi connectivity index (χ1v) is 13.6. The van der Waals surface area contributed by atoms with E-state index < -0.39 is 5.91 Å². The zero-order chi connectivity index (χ0) is 26.5. The molecule has 0 fully saturated rings. The third-order valence-electron chi connectivity index (χ3n) is 5.86. The maximum atomic E-state index is 13.0. The van der Waals surface area contributed by atoms with Crippen molar-refractivity contribution in [3.05, 3.63) is 77.6 Å². The van der Waals surface area contributed by atoms with Crippen molar-refractivity contribution in [3.8, 4) is 23.6 Å². The number of halogens is 3. The van der Waals surface area contributed by atoms with E-state index in [1.807, 2.05) is 6.07 Å². The van der Waals surface area contributed by atoms with Crippen LogP contribution in [0.1, 0.15) is 40.0 Å². The van der Waals surface area contributed by atoms with Crippen LogP contribution in [-0.2, 0) is 24.2 Å². The van der Waals surface area contributed by atoms with Crippen LogP contribution >= 0.6 is 50.5 Å².